The maximum atomic E-state index is 12.8. The second kappa shape index (κ2) is 11.1. The van der Waals surface area contributed by atoms with Crippen molar-refractivity contribution in [1.29, 1.82) is 0 Å². The molecule has 0 spiro atoms. The molecule has 6 heteroatoms. The topological polar surface area (TPSA) is 78.9 Å². The van der Waals surface area contributed by atoms with Gasteiger partial charge < -0.3 is 14.2 Å². The Morgan fingerprint density at radius 2 is 1.19 bits per heavy atom. The number of rotatable bonds is 8. The summed E-state index contributed by atoms with van der Waals surface area (Å²) in [6, 6.07) is 25.5. The van der Waals surface area contributed by atoms with Crippen LogP contribution in [0.1, 0.15) is 47.8 Å². The number of hydrogen-bond donors (Lipinski definition) is 0. The van der Waals surface area contributed by atoms with Crippen molar-refractivity contribution in [2.45, 2.75) is 20.5 Å². The van der Waals surface area contributed by atoms with Gasteiger partial charge in [-0.15, -0.1) is 0 Å². The third-order valence-corrected chi connectivity index (χ3v) is 5.54. The minimum atomic E-state index is -0.649. The largest absolute Gasteiger partial charge is 0.488 e. The molecule has 0 heterocycles. The number of para-hydroxylation sites is 1. The van der Waals surface area contributed by atoms with Crippen LogP contribution >= 0.6 is 0 Å². The lowest BCUT2D eigenvalue weighted by atomic mass is 10.1. The second-order valence-electron chi connectivity index (χ2n) is 8.14. The number of esters is 2. The molecule has 6 nitrogen and oxygen atoms in total. The maximum absolute atomic E-state index is 12.8. The maximum Gasteiger partial charge on any atom is 0.343 e. The summed E-state index contributed by atoms with van der Waals surface area (Å²) in [4.78, 5) is 37.4. The van der Waals surface area contributed by atoms with Gasteiger partial charge in [-0.25, -0.2) is 9.59 Å². The number of ether oxygens (including phenoxy) is 3. The van der Waals surface area contributed by atoms with Gasteiger partial charge in [0.1, 0.15) is 12.4 Å². The van der Waals surface area contributed by atoms with Gasteiger partial charge in [0.15, 0.2) is 17.8 Å². The molecule has 4 aromatic rings. The summed E-state index contributed by atoms with van der Waals surface area (Å²) >= 11 is 0. The Morgan fingerprint density at radius 3 is 1.69 bits per heavy atom. The quantitative estimate of drug-likeness (QED) is 0.171. The van der Waals surface area contributed by atoms with Gasteiger partial charge in [0.2, 0.25) is 0 Å². The van der Waals surface area contributed by atoms with E-state index in [1.165, 1.54) is 12.1 Å². The van der Waals surface area contributed by atoms with Crippen LogP contribution in [-0.2, 0) is 6.61 Å². The van der Waals surface area contributed by atoms with E-state index in [-0.39, 0.29) is 23.7 Å². The van der Waals surface area contributed by atoms with Crippen molar-refractivity contribution in [3.63, 3.8) is 0 Å². The van der Waals surface area contributed by atoms with E-state index in [0.29, 0.717) is 28.7 Å². The van der Waals surface area contributed by atoms with Crippen LogP contribution in [0.15, 0.2) is 91.0 Å². The van der Waals surface area contributed by atoms with Gasteiger partial charge >= 0.3 is 11.9 Å². The van der Waals surface area contributed by atoms with E-state index >= 15 is 0 Å². The summed E-state index contributed by atoms with van der Waals surface area (Å²) < 4.78 is 17.2. The van der Waals surface area contributed by atoms with E-state index in [4.69, 9.17) is 14.2 Å². The Morgan fingerprint density at radius 1 is 0.694 bits per heavy atom. The third kappa shape index (κ3) is 5.67. The fourth-order valence-electron chi connectivity index (χ4n) is 3.65. The lowest BCUT2D eigenvalue weighted by Gasteiger charge is -2.16. The van der Waals surface area contributed by atoms with Crippen LogP contribution in [-0.4, -0.2) is 18.2 Å². The Labute approximate surface area is 209 Å². The Bertz CT molecular complexity index is 1370. The van der Waals surface area contributed by atoms with Gasteiger partial charge in [-0.2, -0.15) is 0 Å². The molecule has 0 saturated heterocycles. The molecule has 0 bridgehead atoms. The summed E-state index contributed by atoms with van der Waals surface area (Å²) in [5, 5.41) is 0. The van der Waals surface area contributed by atoms with E-state index < -0.39 is 11.9 Å². The molecule has 0 fully saturated rings. The van der Waals surface area contributed by atoms with E-state index in [1.54, 1.807) is 60.7 Å². The predicted molar refractivity (Wildman–Crippen MR) is 135 cm³/mol. The van der Waals surface area contributed by atoms with Gasteiger partial charge in [0, 0.05) is 11.1 Å². The molecule has 180 valence electrons. The first kappa shape index (κ1) is 24.4. The summed E-state index contributed by atoms with van der Waals surface area (Å²) in [5.41, 5.74) is 3.26. The average molecular weight is 481 g/mol. The van der Waals surface area contributed by atoms with Crippen molar-refractivity contribution >= 4 is 18.2 Å². The van der Waals surface area contributed by atoms with Gasteiger partial charge in [0.25, 0.3) is 0 Å². The van der Waals surface area contributed by atoms with Crippen LogP contribution in [0.4, 0.5) is 0 Å². The Kier molecular flexibility index (Phi) is 7.56. The molecule has 36 heavy (non-hydrogen) atoms. The number of hydrogen-bond acceptors (Lipinski definition) is 6. The fourth-order valence-corrected chi connectivity index (χ4v) is 3.65. The van der Waals surface area contributed by atoms with E-state index in [9.17, 15) is 14.4 Å². The molecular weight excluding hydrogens is 456 g/mol. The summed E-state index contributed by atoms with van der Waals surface area (Å²) in [7, 11) is 0. The van der Waals surface area contributed by atoms with Crippen LogP contribution in [0.25, 0.3) is 0 Å². The van der Waals surface area contributed by atoms with Gasteiger partial charge in [0.05, 0.1) is 11.1 Å². The zero-order chi connectivity index (χ0) is 25.5. The minimum Gasteiger partial charge on any atom is -0.488 e. The van der Waals surface area contributed by atoms with Crippen LogP contribution in [0.3, 0.4) is 0 Å². The fraction of sp³-hybridized carbons (Fsp3) is 0.100. The van der Waals surface area contributed by atoms with E-state index in [1.807, 2.05) is 32.0 Å². The molecule has 0 atom stereocenters. The first-order chi connectivity index (χ1) is 17.5. The van der Waals surface area contributed by atoms with Crippen LogP contribution < -0.4 is 14.2 Å². The van der Waals surface area contributed by atoms with Gasteiger partial charge in [-0.3, -0.25) is 4.79 Å². The molecule has 0 N–H and O–H groups in total. The first-order valence-electron chi connectivity index (χ1n) is 11.3. The van der Waals surface area contributed by atoms with Crippen molar-refractivity contribution in [3.8, 4) is 17.2 Å². The molecule has 0 radical (unpaired) electrons. The lowest BCUT2D eigenvalue weighted by Crippen LogP contribution is -2.14. The number of carbonyl (C=O) groups excluding carboxylic acids is 3. The third-order valence-electron chi connectivity index (χ3n) is 5.54. The Hall–Kier alpha value is -4.71. The first-order valence-corrected chi connectivity index (χ1v) is 11.3. The molecule has 4 aromatic carbocycles. The Balaban J connectivity index is 1.69. The molecule has 0 aliphatic carbocycles. The average Bonchev–Trinajstić information content (AvgIpc) is 2.90. The molecule has 0 unspecified atom stereocenters. The highest BCUT2D eigenvalue weighted by atomic mass is 16.6. The summed E-state index contributed by atoms with van der Waals surface area (Å²) in [6.07, 6.45) is 0.645. The zero-order valence-corrected chi connectivity index (χ0v) is 19.9. The van der Waals surface area contributed by atoms with Crippen LogP contribution in [0.2, 0.25) is 0 Å². The SMILES string of the molecule is Cc1cccc(C)c1OCc1cc(OC(=O)c2ccccc2)c(OC(=O)c2ccccc2)cc1C=O. The van der Waals surface area contributed by atoms with Gasteiger partial charge in [-0.1, -0.05) is 54.6 Å². The van der Waals surface area contributed by atoms with Crippen LogP contribution in [0.5, 0.6) is 17.2 Å². The molecule has 4 rings (SSSR count). The molecular formula is C30H24O6. The van der Waals surface area contributed by atoms with Crippen molar-refractivity contribution in [2.75, 3.05) is 0 Å². The van der Waals surface area contributed by atoms with Crippen molar-refractivity contribution in [2.24, 2.45) is 0 Å². The lowest BCUT2D eigenvalue weighted by molar-refractivity contribution is 0.0682. The minimum absolute atomic E-state index is 0.00107. The second-order valence-corrected chi connectivity index (χ2v) is 8.14. The van der Waals surface area contributed by atoms with Crippen LogP contribution in [0, 0.1) is 13.8 Å². The highest BCUT2D eigenvalue weighted by Gasteiger charge is 2.20. The summed E-state index contributed by atoms with van der Waals surface area (Å²) in [5.74, 6) is -0.626. The number of carbonyl (C=O) groups is 3. The van der Waals surface area contributed by atoms with Gasteiger partial charge in [-0.05, 0) is 61.4 Å². The predicted octanol–water partition coefficient (Wildman–Crippen LogP) is 6.13. The highest BCUT2D eigenvalue weighted by Crippen LogP contribution is 2.33. The van der Waals surface area contributed by atoms with Crippen molar-refractivity contribution < 1.29 is 28.6 Å². The molecule has 0 aliphatic rings. The number of aldehydes is 1. The molecule has 0 aromatic heterocycles. The summed E-state index contributed by atoms with van der Waals surface area (Å²) in [6.45, 7) is 3.91. The molecule has 0 saturated carbocycles. The van der Waals surface area contributed by atoms with Crippen molar-refractivity contribution in [1.82, 2.24) is 0 Å². The van der Waals surface area contributed by atoms with E-state index in [2.05, 4.69) is 0 Å². The van der Waals surface area contributed by atoms with E-state index in [0.717, 1.165) is 11.1 Å². The standard InChI is InChI=1S/C30H24O6/c1-20-10-9-11-21(2)28(20)34-19-25-17-27(36-30(33)23-14-7-4-8-15-23)26(16-24(25)18-31)35-29(32)22-12-5-3-6-13-22/h3-18H,19H2,1-2H3. The number of benzene rings is 4. The normalized spacial score (nSPS) is 10.4. The number of aryl methyl sites for hydroxylation is 2. The monoisotopic (exact) mass is 480 g/mol. The molecule has 0 aliphatic heterocycles. The zero-order valence-electron chi connectivity index (χ0n) is 19.9. The highest BCUT2D eigenvalue weighted by molar-refractivity contribution is 5.93. The smallest absolute Gasteiger partial charge is 0.343 e. The molecule has 0 amide bonds. The van der Waals surface area contributed by atoms with Crippen molar-refractivity contribution in [3.05, 3.63) is 124 Å².